The second-order valence-electron chi connectivity index (χ2n) is 5.27. The Morgan fingerprint density at radius 1 is 1.50 bits per heavy atom. The third kappa shape index (κ3) is 4.10. The largest absolute Gasteiger partial charge is 0.347 e. The van der Waals surface area contributed by atoms with Gasteiger partial charge in [0, 0.05) is 26.7 Å². The molecule has 0 saturated carbocycles. The first kappa shape index (κ1) is 13.5. The fraction of sp³-hybridized carbons (Fsp3) is 0.917. The third-order valence-electron chi connectivity index (χ3n) is 2.94. The predicted octanol–water partition coefficient (Wildman–Crippen LogP) is 0.441. The molecule has 1 amide bonds. The molecule has 2 N–H and O–H groups in total. The summed E-state index contributed by atoms with van der Waals surface area (Å²) in [5, 5.41) is 6.79. The van der Waals surface area contributed by atoms with E-state index in [0.29, 0.717) is 12.0 Å². The van der Waals surface area contributed by atoms with E-state index in [4.69, 9.17) is 0 Å². The number of carbonyl (C=O) groups is 1. The van der Waals surface area contributed by atoms with Crippen molar-refractivity contribution in [1.29, 1.82) is 0 Å². The highest BCUT2D eigenvalue weighted by Crippen LogP contribution is 2.09. The van der Waals surface area contributed by atoms with E-state index in [0.717, 1.165) is 25.9 Å². The molecule has 1 fully saturated rings. The van der Waals surface area contributed by atoms with Crippen molar-refractivity contribution in [2.24, 2.45) is 5.92 Å². The van der Waals surface area contributed by atoms with Gasteiger partial charge < -0.3 is 15.5 Å². The molecule has 0 aromatic rings. The second-order valence-corrected chi connectivity index (χ2v) is 5.27. The van der Waals surface area contributed by atoms with Crippen LogP contribution in [0.25, 0.3) is 0 Å². The molecular weight excluding hydrogens is 202 g/mol. The van der Waals surface area contributed by atoms with Gasteiger partial charge in [-0.25, -0.2) is 0 Å². The summed E-state index contributed by atoms with van der Waals surface area (Å²) in [4.78, 5) is 13.7. The van der Waals surface area contributed by atoms with E-state index in [9.17, 15) is 4.79 Å². The van der Waals surface area contributed by atoms with Crippen LogP contribution in [0.3, 0.4) is 0 Å². The van der Waals surface area contributed by atoms with Crippen LogP contribution in [-0.2, 0) is 4.79 Å². The molecule has 2 atom stereocenters. The number of rotatable bonds is 5. The predicted molar refractivity (Wildman–Crippen MR) is 66.3 cm³/mol. The van der Waals surface area contributed by atoms with Crippen LogP contribution in [0.1, 0.15) is 26.7 Å². The van der Waals surface area contributed by atoms with Crippen molar-refractivity contribution in [3.63, 3.8) is 0 Å². The van der Waals surface area contributed by atoms with Gasteiger partial charge >= 0.3 is 0 Å². The van der Waals surface area contributed by atoms with Crippen molar-refractivity contribution in [2.75, 3.05) is 27.2 Å². The van der Waals surface area contributed by atoms with E-state index in [-0.39, 0.29) is 11.9 Å². The minimum Gasteiger partial charge on any atom is -0.347 e. The van der Waals surface area contributed by atoms with Crippen molar-refractivity contribution < 1.29 is 4.79 Å². The zero-order valence-electron chi connectivity index (χ0n) is 10.9. The van der Waals surface area contributed by atoms with Crippen LogP contribution in [0.2, 0.25) is 0 Å². The molecule has 1 aliphatic heterocycles. The fourth-order valence-corrected chi connectivity index (χ4v) is 2.10. The van der Waals surface area contributed by atoms with Gasteiger partial charge in [0.1, 0.15) is 0 Å². The standard InChI is InChI=1S/C12H25N3O/c1-9(2)7-11(12(16)15(3)4)14-10-5-6-13-8-10/h9-11,13-14H,5-8H2,1-4H3. The smallest absolute Gasteiger partial charge is 0.239 e. The van der Waals surface area contributed by atoms with E-state index in [1.165, 1.54) is 0 Å². The van der Waals surface area contributed by atoms with Crippen molar-refractivity contribution in [1.82, 2.24) is 15.5 Å². The minimum atomic E-state index is -0.0279. The quantitative estimate of drug-likeness (QED) is 0.716. The fourth-order valence-electron chi connectivity index (χ4n) is 2.10. The maximum atomic E-state index is 12.0. The molecule has 0 radical (unpaired) electrons. The molecule has 1 saturated heterocycles. The van der Waals surface area contributed by atoms with Gasteiger partial charge in [-0.2, -0.15) is 0 Å². The van der Waals surface area contributed by atoms with E-state index in [1.807, 2.05) is 14.1 Å². The molecule has 1 aliphatic rings. The molecule has 1 rings (SSSR count). The van der Waals surface area contributed by atoms with Crippen molar-refractivity contribution in [2.45, 2.75) is 38.8 Å². The van der Waals surface area contributed by atoms with Gasteiger partial charge in [-0.15, -0.1) is 0 Å². The van der Waals surface area contributed by atoms with Gasteiger partial charge in [0.25, 0.3) is 0 Å². The summed E-state index contributed by atoms with van der Waals surface area (Å²) in [6.07, 6.45) is 2.03. The van der Waals surface area contributed by atoms with Crippen LogP contribution in [0.4, 0.5) is 0 Å². The molecule has 0 aromatic carbocycles. The van der Waals surface area contributed by atoms with E-state index < -0.39 is 0 Å². The number of likely N-dealkylation sites (N-methyl/N-ethyl adjacent to an activating group) is 1. The average molecular weight is 227 g/mol. The third-order valence-corrected chi connectivity index (χ3v) is 2.94. The van der Waals surface area contributed by atoms with Gasteiger partial charge in [0.05, 0.1) is 6.04 Å². The lowest BCUT2D eigenvalue weighted by molar-refractivity contribution is -0.131. The summed E-state index contributed by atoms with van der Waals surface area (Å²) < 4.78 is 0. The van der Waals surface area contributed by atoms with Gasteiger partial charge in [-0.1, -0.05) is 13.8 Å². The SMILES string of the molecule is CC(C)CC(NC1CCNC1)C(=O)N(C)C. The lowest BCUT2D eigenvalue weighted by Crippen LogP contribution is -2.49. The van der Waals surface area contributed by atoms with Crippen molar-refractivity contribution >= 4 is 5.91 Å². The summed E-state index contributed by atoms with van der Waals surface area (Å²) in [7, 11) is 3.65. The monoisotopic (exact) mass is 227 g/mol. The zero-order chi connectivity index (χ0) is 12.1. The van der Waals surface area contributed by atoms with E-state index >= 15 is 0 Å². The summed E-state index contributed by atoms with van der Waals surface area (Å²) in [5.74, 6) is 0.733. The average Bonchev–Trinajstić information content (AvgIpc) is 2.67. The second kappa shape index (κ2) is 6.21. The molecule has 0 bridgehead atoms. The molecule has 0 aliphatic carbocycles. The zero-order valence-corrected chi connectivity index (χ0v) is 10.9. The van der Waals surface area contributed by atoms with Gasteiger partial charge in [-0.05, 0) is 25.3 Å². The lowest BCUT2D eigenvalue weighted by Gasteiger charge is -2.26. The lowest BCUT2D eigenvalue weighted by atomic mass is 10.0. The Balaban J connectivity index is 2.51. The highest BCUT2D eigenvalue weighted by atomic mass is 16.2. The Hall–Kier alpha value is -0.610. The molecule has 0 aromatic heterocycles. The topological polar surface area (TPSA) is 44.4 Å². The number of carbonyl (C=O) groups excluding carboxylic acids is 1. The number of hydrogen-bond donors (Lipinski definition) is 2. The van der Waals surface area contributed by atoms with Gasteiger partial charge in [-0.3, -0.25) is 4.79 Å². The highest BCUT2D eigenvalue weighted by Gasteiger charge is 2.25. The first-order chi connectivity index (χ1) is 7.50. The summed E-state index contributed by atoms with van der Waals surface area (Å²) in [5.41, 5.74) is 0. The van der Waals surface area contributed by atoms with E-state index in [2.05, 4.69) is 24.5 Å². The number of nitrogens with one attached hydrogen (secondary N) is 2. The van der Waals surface area contributed by atoms with Crippen LogP contribution >= 0.6 is 0 Å². The molecular formula is C12H25N3O. The van der Waals surface area contributed by atoms with Crippen LogP contribution in [-0.4, -0.2) is 50.1 Å². The van der Waals surface area contributed by atoms with Crippen LogP contribution in [0.15, 0.2) is 0 Å². The molecule has 4 nitrogen and oxygen atoms in total. The van der Waals surface area contributed by atoms with E-state index in [1.54, 1.807) is 4.90 Å². The number of nitrogens with zero attached hydrogens (tertiary/aromatic N) is 1. The maximum Gasteiger partial charge on any atom is 0.239 e. The Bertz CT molecular complexity index is 222. The number of amides is 1. The van der Waals surface area contributed by atoms with Gasteiger partial charge in [0.15, 0.2) is 0 Å². The minimum absolute atomic E-state index is 0.0279. The normalized spacial score (nSPS) is 22.4. The van der Waals surface area contributed by atoms with Crippen LogP contribution in [0.5, 0.6) is 0 Å². The summed E-state index contributed by atoms with van der Waals surface area (Å²) in [6, 6.07) is 0.424. The first-order valence-corrected chi connectivity index (χ1v) is 6.18. The molecule has 0 spiro atoms. The summed E-state index contributed by atoms with van der Waals surface area (Å²) >= 11 is 0. The molecule has 16 heavy (non-hydrogen) atoms. The molecule has 2 unspecified atom stereocenters. The van der Waals surface area contributed by atoms with Crippen LogP contribution in [0, 0.1) is 5.92 Å². The summed E-state index contributed by atoms with van der Waals surface area (Å²) in [6.45, 7) is 6.35. The number of hydrogen-bond acceptors (Lipinski definition) is 3. The van der Waals surface area contributed by atoms with Crippen molar-refractivity contribution in [3.8, 4) is 0 Å². The van der Waals surface area contributed by atoms with Crippen molar-refractivity contribution in [3.05, 3.63) is 0 Å². The molecule has 4 heteroatoms. The highest BCUT2D eigenvalue weighted by molar-refractivity contribution is 5.81. The van der Waals surface area contributed by atoms with Gasteiger partial charge in [0.2, 0.25) is 5.91 Å². The molecule has 94 valence electrons. The molecule has 1 heterocycles. The Morgan fingerprint density at radius 3 is 2.62 bits per heavy atom. The Kier molecular flexibility index (Phi) is 5.22. The maximum absolute atomic E-state index is 12.0. The van der Waals surface area contributed by atoms with Crippen LogP contribution < -0.4 is 10.6 Å². The Morgan fingerprint density at radius 2 is 2.19 bits per heavy atom. The first-order valence-electron chi connectivity index (χ1n) is 6.18. The Labute approximate surface area is 98.8 Å².